The third kappa shape index (κ3) is 2.28. The van der Waals surface area contributed by atoms with E-state index in [-0.39, 0.29) is 0 Å². The molecule has 1 fully saturated rings. The van der Waals surface area contributed by atoms with Crippen LogP contribution in [0.5, 0.6) is 0 Å². The van der Waals surface area contributed by atoms with Gasteiger partial charge in [-0.1, -0.05) is 12.8 Å². The predicted molar refractivity (Wildman–Crippen MR) is 80.8 cm³/mol. The maximum absolute atomic E-state index is 2.64. The molecule has 0 bridgehead atoms. The van der Waals surface area contributed by atoms with Gasteiger partial charge in [0.2, 0.25) is 0 Å². The quantitative estimate of drug-likeness (QED) is 0.698. The van der Waals surface area contributed by atoms with Crippen LogP contribution in [0.3, 0.4) is 0 Å². The SMILES string of the molecule is Cc1c(C)c(C)c(N2CCCCCC2)c(C)c1C. The molecule has 1 saturated heterocycles. The maximum Gasteiger partial charge on any atom is 0.0431 e. The third-order valence-corrected chi connectivity index (χ3v) is 4.88. The van der Waals surface area contributed by atoms with Crippen molar-refractivity contribution < 1.29 is 0 Å². The summed E-state index contributed by atoms with van der Waals surface area (Å²) >= 11 is 0. The zero-order valence-corrected chi connectivity index (χ0v) is 12.7. The average molecular weight is 245 g/mol. The fourth-order valence-corrected chi connectivity index (χ4v) is 3.25. The summed E-state index contributed by atoms with van der Waals surface area (Å²) in [5.41, 5.74) is 8.96. The Labute approximate surface area is 112 Å². The normalized spacial score (nSPS) is 16.8. The van der Waals surface area contributed by atoms with Crippen LogP contribution in [0.4, 0.5) is 5.69 Å². The lowest BCUT2D eigenvalue weighted by Gasteiger charge is -2.29. The first-order valence-electron chi connectivity index (χ1n) is 7.36. The van der Waals surface area contributed by atoms with Crippen LogP contribution >= 0.6 is 0 Å². The Hall–Kier alpha value is -0.980. The summed E-state index contributed by atoms with van der Waals surface area (Å²) in [7, 11) is 0. The molecule has 1 heteroatoms. The Morgan fingerprint density at radius 1 is 0.556 bits per heavy atom. The van der Waals surface area contributed by atoms with Crippen molar-refractivity contribution in [3.63, 3.8) is 0 Å². The largest absolute Gasteiger partial charge is 0.371 e. The van der Waals surface area contributed by atoms with Crippen molar-refractivity contribution in [3.05, 3.63) is 27.8 Å². The van der Waals surface area contributed by atoms with Crippen LogP contribution in [0.25, 0.3) is 0 Å². The van der Waals surface area contributed by atoms with Crippen LogP contribution in [-0.4, -0.2) is 13.1 Å². The zero-order valence-electron chi connectivity index (χ0n) is 12.7. The molecule has 1 heterocycles. The molecule has 0 saturated carbocycles. The lowest BCUT2D eigenvalue weighted by molar-refractivity contribution is 0.726. The summed E-state index contributed by atoms with van der Waals surface area (Å²) in [5.74, 6) is 0. The van der Waals surface area contributed by atoms with Crippen LogP contribution in [0.2, 0.25) is 0 Å². The molecule has 0 aliphatic carbocycles. The highest BCUT2D eigenvalue weighted by Gasteiger charge is 2.18. The lowest BCUT2D eigenvalue weighted by Crippen LogP contribution is -2.26. The molecule has 0 spiro atoms. The Balaban J connectivity index is 2.49. The average Bonchev–Trinajstić information content (AvgIpc) is 2.63. The monoisotopic (exact) mass is 245 g/mol. The van der Waals surface area contributed by atoms with Gasteiger partial charge < -0.3 is 4.90 Å². The molecule has 1 aromatic carbocycles. The van der Waals surface area contributed by atoms with Gasteiger partial charge in [0.15, 0.2) is 0 Å². The summed E-state index contributed by atoms with van der Waals surface area (Å²) in [6.07, 6.45) is 5.51. The number of benzene rings is 1. The fraction of sp³-hybridized carbons (Fsp3) is 0.647. The highest BCUT2D eigenvalue weighted by Crippen LogP contribution is 2.34. The topological polar surface area (TPSA) is 3.24 Å². The van der Waals surface area contributed by atoms with Gasteiger partial charge in [0, 0.05) is 18.8 Å². The van der Waals surface area contributed by atoms with Gasteiger partial charge in [-0.2, -0.15) is 0 Å². The third-order valence-electron chi connectivity index (χ3n) is 4.88. The van der Waals surface area contributed by atoms with Crippen LogP contribution in [0.1, 0.15) is 53.5 Å². The van der Waals surface area contributed by atoms with Gasteiger partial charge in [-0.3, -0.25) is 0 Å². The van der Waals surface area contributed by atoms with Crippen molar-refractivity contribution in [1.82, 2.24) is 0 Å². The summed E-state index contributed by atoms with van der Waals surface area (Å²) in [5, 5.41) is 0. The molecule has 1 nitrogen and oxygen atoms in total. The second-order valence-electron chi connectivity index (χ2n) is 5.87. The standard InChI is InChI=1S/C17H27N/c1-12-13(2)15(4)17(16(5)14(12)3)18-10-8-6-7-9-11-18/h6-11H2,1-5H3. The Kier molecular flexibility index (Phi) is 3.99. The first kappa shape index (κ1) is 13.5. The molecule has 0 amide bonds. The second-order valence-corrected chi connectivity index (χ2v) is 5.87. The summed E-state index contributed by atoms with van der Waals surface area (Å²) in [4.78, 5) is 2.64. The Bertz CT molecular complexity index is 408. The van der Waals surface area contributed by atoms with Gasteiger partial charge in [0.05, 0.1) is 0 Å². The minimum Gasteiger partial charge on any atom is -0.371 e. The minimum atomic E-state index is 1.24. The predicted octanol–water partition coefficient (Wildman–Crippen LogP) is 4.61. The Morgan fingerprint density at radius 3 is 1.39 bits per heavy atom. The minimum absolute atomic E-state index is 1.24. The van der Waals surface area contributed by atoms with Gasteiger partial charge in [-0.25, -0.2) is 0 Å². The molecule has 0 radical (unpaired) electrons. The van der Waals surface area contributed by atoms with Gasteiger partial charge in [-0.15, -0.1) is 0 Å². The number of rotatable bonds is 1. The van der Waals surface area contributed by atoms with Crippen molar-refractivity contribution in [1.29, 1.82) is 0 Å². The van der Waals surface area contributed by atoms with Crippen molar-refractivity contribution in [3.8, 4) is 0 Å². The highest BCUT2D eigenvalue weighted by molar-refractivity contribution is 5.66. The molecule has 0 atom stereocenters. The van der Waals surface area contributed by atoms with E-state index in [1.165, 1.54) is 72.3 Å². The molecular weight excluding hydrogens is 218 g/mol. The molecule has 18 heavy (non-hydrogen) atoms. The van der Waals surface area contributed by atoms with Crippen LogP contribution < -0.4 is 4.90 Å². The maximum atomic E-state index is 2.64. The van der Waals surface area contributed by atoms with Crippen LogP contribution in [-0.2, 0) is 0 Å². The van der Waals surface area contributed by atoms with Crippen molar-refractivity contribution in [2.75, 3.05) is 18.0 Å². The van der Waals surface area contributed by atoms with E-state index in [0.717, 1.165) is 0 Å². The molecule has 0 N–H and O–H groups in total. The van der Waals surface area contributed by atoms with Crippen molar-refractivity contribution in [2.45, 2.75) is 60.3 Å². The number of anilines is 1. The molecule has 1 aliphatic heterocycles. The van der Waals surface area contributed by atoms with Gasteiger partial charge >= 0.3 is 0 Å². The van der Waals surface area contributed by atoms with Gasteiger partial charge in [0.1, 0.15) is 0 Å². The van der Waals surface area contributed by atoms with Crippen LogP contribution in [0, 0.1) is 34.6 Å². The smallest absolute Gasteiger partial charge is 0.0431 e. The zero-order chi connectivity index (χ0) is 13.3. The molecule has 0 unspecified atom stereocenters. The van der Waals surface area contributed by atoms with E-state index in [4.69, 9.17) is 0 Å². The molecular formula is C17H27N. The van der Waals surface area contributed by atoms with Crippen LogP contribution in [0.15, 0.2) is 0 Å². The lowest BCUT2D eigenvalue weighted by atomic mass is 9.92. The first-order valence-corrected chi connectivity index (χ1v) is 7.36. The van der Waals surface area contributed by atoms with E-state index >= 15 is 0 Å². The van der Waals surface area contributed by atoms with E-state index in [1.54, 1.807) is 0 Å². The molecule has 100 valence electrons. The van der Waals surface area contributed by atoms with E-state index in [2.05, 4.69) is 39.5 Å². The van der Waals surface area contributed by atoms with Gasteiger partial charge in [-0.05, 0) is 75.3 Å². The number of hydrogen-bond acceptors (Lipinski definition) is 1. The molecule has 1 aliphatic rings. The highest BCUT2D eigenvalue weighted by atomic mass is 15.1. The molecule has 0 aromatic heterocycles. The number of nitrogens with zero attached hydrogens (tertiary/aromatic N) is 1. The first-order chi connectivity index (χ1) is 8.54. The molecule has 2 rings (SSSR count). The summed E-state index contributed by atoms with van der Waals surface area (Å²) in [6, 6.07) is 0. The fourth-order valence-electron chi connectivity index (χ4n) is 3.25. The summed E-state index contributed by atoms with van der Waals surface area (Å²) in [6.45, 7) is 13.9. The van der Waals surface area contributed by atoms with Gasteiger partial charge in [0.25, 0.3) is 0 Å². The second kappa shape index (κ2) is 5.34. The van der Waals surface area contributed by atoms with E-state index in [9.17, 15) is 0 Å². The van der Waals surface area contributed by atoms with Crippen molar-refractivity contribution in [2.24, 2.45) is 0 Å². The van der Waals surface area contributed by atoms with E-state index in [1.807, 2.05) is 0 Å². The molecule has 1 aromatic rings. The Morgan fingerprint density at radius 2 is 0.944 bits per heavy atom. The van der Waals surface area contributed by atoms with Crippen molar-refractivity contribution >= 4 is 5.69 Å². The summed E-state index contributed by atoms with van der Waals surface area (Å²) < 4.78 is 0. The van der Waals surface area contributed by atoms with E-state index < -0.39 is 0 Å². The van der Waals surface area contributed by atoms with E-state index in [0.29, 0.717) is 0 Å². The number of hydrogen-bond donors (Lipinski definition) is 0.